The number of nitrogens with two attached hydrogens (primary N) is 2. The van der Waals surface area contributed by atoms with Crippen LogP contribution in [0.3, 0.4) is 0 Å². The Morgan fingerprint density at radius 2 is 2.11 bits per heavy atom. The number of primary amides is 1. The first-order valence-corrected chi connectivity index (χ1v) is 11.6. The Morgan fingerprint density at radius 3 is 2.66 bits per heavy atom. The van der Waals surface area contributed by atoms with Gasteiger partial charge in [-0.2, -0.15) is 9.36 Å². The second-order valence-corrected chi connectivity index (χ2v) is 9.32. The summed E-state index contributed by atoms with van der Waals surface area (Å²) >= 11 is 2.06. The van der Waals surface area contributed by atoms with Crippen molar-refractivity contribution < 1.29 is 33.7 Å². The largest absolute Gasteiger partial charge is 0.477 e. The number of oxime groups is 1. The van der Waals surface area contributed by atoms with Gasteiger partial charge in [0.2, 0.25) is 22.9 Å². The predicted molar refractivity (Wildman–Crippen MR) is 124 cm³/mol. The van der Waals surface area contributed by atoms with Crippen LogP contribution < -0.4 is 20.9 Å². The molecule has 2 atom stereocenters. The van der Waals surface area contributed by atoms with Gasteiger partial charge in [-0.05, 0) is 0 Å². The molecule has 0 aromatic carbocycles. The molecule has 0 radical (unpaired) electrons. The SMILES string of the molecule is CON=CC(=O)N(c1nsc(N)n1)C1S[C@H]2CC(=O)N2C(C(=O)O)=C1C[n+]1ccc(C(N)=O)cc1. The summed E-state index contributed by atoms with van der Waals surface area (Å²) in [5.74, 6) is -3.03. The number of carbonyl (C=O) groups is 4. The lowest BCUT2D eigenvalue weighted by atomic mass is 10.1. The monoisotopic (exact) mass is 519 g/mol. The van der Waals surface area contributed by atoms with Crippen molar-refractivity contribution in [1.29, 1.82) is 0 Å². The topological polar surface area (TPSA) is 198 Å². The average Bonchev–Trinajstić information content (AvgIpc) is 3.24. The minimum atomic E-state index is -1.33. The number of carboxylic acids is 1. The number of hydrogen-bond acceptors (Lipinski definition) is 11. The molecule has 5 N–H and O–H groups in total. The molecule has 4 rings (SSSR count). The third kappa shape index (κ3) is 4.65. The van der Waals surface area contributed by atoms with E-state index in [-0.39, 0.29) is 46.8 Å². The Kier molecular flexibility index (Phi) is 6.65. The van der Waals surface area contributed by atoms with Crippen LogP contribution in [0, 0.1) is 0 Å². The second kappa shape index (κ2) is 9.67. The fourth-order valence-corrected chi connectivity index (χ4v) is 5.58. The number of aliphatic carboxylic acids is 1. The maximum atomic E-state index is 13.1. The molecule has 0 spiro atoms. The number of amides is 3. The molecular weight excluding hydrogens is 500 g/mol. The van der Waals surface area contributed by atoms with Crippen molar-refractivity contribution in [3.8, 4) is 0 Å². The van der Waals surface area contributed by atoms with E-state index >= 15 is 0 Å². The van der Waals surface area contributed by atoms with Crippen molar-refractivity contribution in [2.75, 3.05) is 17.7 Å². The van der Waals surface area contributed by atoms with Crippen molar-refractivity contribution in [2.24, 2.45) is 10.9 Å². The number of fused-ring (bicyclic) bond motifs is 1. The van der Waals surface area contributed by atoms with Gasteiger partial charge in [0, 0.05) is 23.7 Å². The molecule has 2 aliphatic rings. The lowest BCUT2D eigenvalue weighted by Crippen LogP contribution is -2.59. The molecule has 182 valence electrons. The van der Waals surface area contributed by atoms with Crippen LogP contribution in [0.4, 0.5) is 11.1 Å². The summed E-state index contributed by atoms with van der Waals surface area (Å²) in [4.78, 5) is 60.3. The van der Waals surface area contributed by atoms with Crippen LogP contribution >= 0.6 is 23.3 Å². The summed E-state index contributed by atoms with van der Waals surface area (Å²) in [6.45, 7) is -0.0420. The van der Waals surface area contributed by atoms with Crippen LogP contribution in [0.25, 0.3) is 0 Å². The van der Waals surface area contributed by atoms with Gasteiger partial charge in [0.1, 0.15) is 24.4 Å². The van der Waals surface area contributed by atoms with E-state index < -0.39 is 28.5 Å². The number of rotatable bonds is 8. The van der Waals surface area contributed by atoms with Gasteiger partial charge < -0.3 is 21.4 Å². The lowest BCUT2D eigenvalue weighted by Gasteiger charge is -2.47. The number of pyridine rings is 1. The zero-order valence-corrected chi connectivity index (χ0v) is 19.7. The maximum Gasteiger partial charge on any atom is 0.352 e. The second-order valence-electron chi connectivity index (χ2n) is 7.27. The van der Waals surface area contributed by atoms with E-state index in [1.54, 1.807) is 4.57 Å². The number of anilines is 2. The number of aromatic nitrogens is 3. The van der Waals surface area contributed by atoms with Gasteiger partial charge in [-0.1, -0.05) is 5.16 Å². The van der Waals surface area contributed by atoms with Crippen LogP contribution in [0.1, 0.15) is 16.8 Å². The molecule has 1 saturated heterocycles. The van der Waals surface area contributed by atoms with Crippen molar-refractivity contribution in [2.45, 2.75) is 23.7 Å². The third-order valence-electron chi connectivity index (χ3n) is 5.15. The highest BCUT2D eigenvalue weighted by Gasteiger charge is 2.52. The van der Waals surface area contributed by atoms with Crippen LogP contribution in [0.5, 0.6) is 0 Å². The number of nitrogens with zero attached hydrogens (tertiary/aromatic N) is 6. The van der Waals surface area contributed by atoms with Gasteiger partial charge in [-0.3, -0.25) is 24.2 Å². The van der Waals surface area contributed by atoms with Gasteiger partial charge in [-0.25, -0.2) is 9.36 Å². The summed E-state index contributed by atoms with van der Waals surface area (Å²) < 4.78 is 5.72. The van der Waals surface area contributed by atoms with Crippen molar-refractivity contribution >= 4 is 64.3 Å². The van der Waals surface area contributed by atoms with Gasteiger partial charge >= 0.3 is 5.97 Å². The Hall–Kier alpha value is -4.05. The Labute approximate surface area is 206 Å². The Morgan fingerprint density at radius 1 is 1.40 bits per heavy atom. The Bertz CT molecular complexity index is 1260. The fourth-order valence-electron chi connectivity index (χ4n) is 3.61. The van der Waals surface area contributed by atoms with Crippen LogP contribution in [-0.2, 0) is 25.8 Å². The van der Waals surface area contributed by atoms with Crippen molar-refractivity contribution in [3.63, 3.8) is 0 Å². The van der Waals surface area contributed by atoms with Crippen LogP contribution in [0.15, 0.2) is 41.0 Å². The highest BCUT2D eigenvalue weighted by molar-refractivity contribution is 8.01. The number of nitrogen functional groups attached to an aromatic ring is 1. The minimum absolute atomic E-state index is 0.0420. The molecule has 0 bridgehead atoms. The van der Waals surface area contributed by atoms with Crippen LogP contribution in [-0.4, -0.2) is 67.1 Å². The molecule has 3 amide bonds. The highest BCUT2D eigenvalue weighted by Crippen LogP contribution is 2.46. The molecule has 14 nitrogen and oxygen atoms in total. The van der Waals surface area contributed by atoms with E-state index in [0.717, 1.165) is 22.6 Å². The van der Waals surface area contributed by atoms with Crippen LogP contribution in [0.2, 0.25) is 0 Å². The van der Waals surface area contributed by atoms with E-state index in [4.69, 9.17) is 11.5 Å². The average molecular weight is 520 g/mol. The van der Waals surface area contributed by atoms with Gasteiger partial charge in [-0.15, -0.1) is 11.8 Å². The molecule has 1 fully saturated rings. The van der Waals surface area contributed by atoms with E-state index in [0.29, 0.717) is 0 Å². The van der Waals surface area contributed by atoms with E-state index in [1.807, 2.05) is 0 Å². The molecule has 4 heterocycles. The first kappa shape index (κ1) is 24.1. The van der Waals surface area contributed by atoms with E-state index in [1.165, 1.54) is 48.3 Å². The molecule has 2 aliphatic heterocycles. The van der Waals surface area contributed by atoms with Crippen molar-refractivity contribution in [1.82, 2.24) is 14.3 Å². The smallest absolute Gasteiger partial charge is 0.352 e. The highest BCUT2D eigenvalue weighted by atomic mass is 32.2. The minimum Gasteiger partial charge on any atom is -0.477 e. The lowest BCUT2D eigenvalue weighted by molar-refractivity contribution is -0.689. The summed E-state index contributed by atoms with van der Waals surface area (Å²) in [6, 6.07) is 2.95. The molecule has 2 aromatic rings. The zero-order chi connectivity index (χ0) is 25.3. The molecule has 16 heteroatoms. The zero-order valence-electron chi connectivity index (χ0n) is 18.1. The summed E-state index contributed by atoms with van der Waals surface area (Å²) in [6.07, 6.45) is 4.08. The summed E-state index contributed by atoms with van der Waals surface area (Å²) in [7, 11) is 1.26. The molecule has 35 heavy (non-hydrogen) atoms. The molecule has 2 aromatic heterocycles. The molecule has 0 saturated carbocycles. The maximum absolute atomic E-state index is 13.1. The number of thioether (sulfide) groups is 1. The number of hydrogen-bond donors (Lipinski definition) is 3. The standard InChI is InChI=1S/C19H18N8O6S2/c1-33-22-7-12(29)27(19-23-18(21)35-24-19)16-10(8-25-4-2-9(3-5-25)15(20)30)14(17(31)32)26-11(28)6-13(26)34-16/h2-5,7,13,16H,6,8H2,1H3,(H4-,20,21,23,24,30,31,32)/p+1/t13-,16?/m0/s1. The summed E-state index contributed by atoms with van der Waals surface area (Å²) in [5.41, 5.74) is 11.3. The molecule has 1 unspecified atom stereocenters. The fraction of sp³-hybridized carbons (Fsp3) is 0.263. The van der Waals surface area contributed by atoms with Gasteiger partial charge in [0.05, 0.1) is 22.9 Å². The quantitative estimate of drug-likeness (QED) is 0.171. The summed E-state index contributed by atoms with van der Waals surface area (Å²) in [5, 5.41) is 12.3. The first-order valence-electron chi connectivity index (χ1n) is 9.93. The van der Waals surface area contributed by atoms with Gasteiger partial charge in [0.15, 0.2) is 18.9 Å². The van der Waals surface area contributed by atoms with E-state index in [9.17, 15) is 24.3 Å². The van der Waals surface area contributed by atoms with E-state index in [2.05, 4.69) is 19.4 Å². The Balaban J connectivity index is 1.84. The predicted octanol–water partition coefficient (Wildman–Crippen LogP) is -0.858. The van der Waals surface area contributed by atoms with Gasteiger partial charge in [0.25, 0.3) is 5.91 Å². The number of carbonyl (C=O) groups excluding carboxylic acids is 3. The molecule has 0 aliphatic carbocycles. The first-order chi connectivity index (χ1) is 16.7. The normalized spacial score (nSPS) is 19.3. The molecular formula is C19H19N8O6S2+. The number of carboxylic acid groups (broad SMARTS) is 1. The van der Waals surface area contributed by atoms with Crippen molar-refractivity contribution in [3.05, 3.63) is 41.4 Å². The number of β-lactam (4-membered cyclic amide) rings is 1. The third-order valence-corrected chi connectivity index (χ3v) is 7.13.